The van der Waals surface area contributed by atoms with Crippen LogP contribution in [0.5, 0.6) is 0 Å². The van der Waals surface area contributed by atoms with Gasteiger partial charge in [0.15, 0.2) is 5.60 Å². The molecule has 0 aromatic rings. The highest BCUT2D eigenvalue weighted by Crippen LogP contribution is 2.29. The first kappa shape index (κ1) is 13.3. The molecule has 0 radical (unpaired) electrons. The van der Waals surface area contributed by atoms with Gasteiger partial charge in [-0.2, -0.15) is 0 Å². The highest BCUT2D eigenvalue weighted by atomic mass is 16.4. The number of hydrogen-bond donors (Lipinski definition) is 2. The molecule has 0 aromatic carbocycles. The number of carboxylic acids is 1. The zero-order chi connectivity index (χ0) is 13.2. The van der Waals surface area contributed by atoms with Gasteiger partial charge in [-0.1, -0.05) is 12.8 Å². The molecule has 0 atom stereocenters. The highest BCUT2D eigenvalue weighted by Gasteiger charge is 2.40. The van der Waals surface area contributed by atoms with Crippen molar-refractivity contribution >= 4 is 11.9 Å². The van der Waals surface area contributed by atoms with Crippen LogP contribution in [0.4, 0.5) is 0 Å². The molecule has 0 unspecified atom stereocenters. The summed E-state index contributed by atoms with van der Waals surface area (Å²) in [5.41, 5.74) is -1.63. The zero-order valence-corrected chi connectivity index (χ0v) is 10.6. The quantitative estimate of drug-likeness (QED) is 0.788. The lowest BCUT2D eigenvalue weighted by molar-refractivity contribution is -0.165. The van der Waals surface area contributed by atoms with E-state index in [1.165, 1.54) is 12.8 Å². The average Bonchev–Trinajstić information content (AvgIpc) is 2.82. The Balaban J connectivity index is 1.81. The van der Waals surface area contributed by atoms with Crippen LogP contribution in [0.25, 0.3) is 0 Å². The third-order valence-electron chi connectivity index (χ3n) is 4.28. The van der Waals surface area contributed by atoms with Crippen LogP contribution in [0, 0.1) is 5.92 Å². The summed E-state index contributed by atoms with van der Waals surface area (Å²) < 4.78 is 0. The number of nitrogens with zero attached hydrogens (tertiary/aromatic N) is 1. The number of rotatable bonds is 3. The number of likely N-dealkylation sites (tertiary alicyclic amines) is 1. The van der Waals surface area contributed by atoms with Gasteiger partial charge in [-0.05, 0) is 18.8 Å². The fourth-order valence-electron chi connectivity index (χ4n) is 2.93. The number of amides is 1. The molecule has 1 aliphatic heterocycles. The van der Waals surface area contributed by atoms with Crippen molar-refractivity contribution in [1.82, 2.24) is 4.90 Å². The van der Waals surface area contributed by atoms with Crippen LogP contribution in [0.3, 0.4) is 0 Å². The summed E-state index contributed by atoms with van der Waals surface area (Å²) in [6, 6.07) is 0. The van der Waals surface area contributed by atoms with E-state index in [0.717, 1.165) is 12.8 Å². The van der Waals surface area contributed by atoms with Gasteiger partial charge in [-0.15, -0.1) is 0 Å². The molecule has 0 bridgehead atoms. The van der Waals surface area contributed by atoms with E-state index in [2.05, 4.69) is 0 Å². The Hall–Kier alpha value is -1.10. The molecule has 0 aromatic heterocycles. The number of aliphatic hydroxyl groups is 1. The Labute approximate surface area is 107 Å². The lowest BCUT2D eigenvalue weighted by Crippen LogP contribution is -2.51. The van der Waals surface area contributed by atoms with Gasteiger partial charge in [0.2, 0.25) is 5.91 Å². The second kappa shape index (κ2) is 5.26. The minimum Gasteiger partial charge on any atom is -0.479 e. The van der Waals surface area contributed by atoms with Gasteiger partial charge >= 0.3 is 5.97 Å². The van der Waals surface area contributed by atoms with Crippen molar-refractivity contribution in [2.75, 3.05) is 13.1 Å². The third kappa shape index (κ3) is 2.83. The van der Waals surface area contributed by atoms with Crippen molar-refractivity contribution < 1.29 is 19.8 Å². The maximum Gasteiger partial charge on any atom is 0.335 e. The van der Waals surface area contributed by atoms with Crippen LogP contribution in [-0.2, 0) is 9.59 Å². The van der Waals surface area contributed by atoms with Crippen LogP contribution in [0.15, 0.2) is 0 Å². The van der Waals surface area contributed by atoms with Crippen LogP contribution in [0.2, 0.25) is 0 Å². The lowest BCUT2D eigenvalue weighted by atomic mass is 9.91. The molecule has 5 heteroatoms. The number of piperidine rings is 1. The first-order chi connectivity index (χ1) is 8.51. The smallest absolute Gasteiger partial charge is 0.335 e. The molecule has 5 nitrogen and oxygen atoms in total. The normalized spacial score (nSPS) is 24.2. The summed E-state index contributed by atoms with van der Waals surface area (Å²) in [6.45, 7) is 0.711. The third-order valence-corrected chi connectivity index (χ3v) is 4.28. The Bertz CT molecular complexity index is 328. The van der Waals surface area contributed by atoms with Crippen molar-refractivity contribution in [2.24, 2.45) is 5.92 Å². The monoisotopic (exact) mass is 255 g/mol. The maximum atomic E-state index is 12.0. The Morgan fingerprint density at radius 3 is 2.22 bits per heavy atom. The van der Waals surface area contributed by atoms with Crippen LogP contribution >= 0.6 is 0 Å². The molecule has 2 aliphatic rings. The molecule has 2 N–H and O–H groups in total. The second-order valence-electron chi connectivity index (χ2n) is 5.57. The fraction of sp³-hybridized carbons (Fsp3) is 0.846. The predicted octanol–water partition coefficient (Wildman–Crippen LogP) is 1.00. The minimum absolute atomic E-state index is 0.120. The highest BCUT2D eigenvalue weighted by molar-refractivity contribution is 5.79. The SMILES string of the molecule is O=C(CC1CCCC1)N1CCC(O)(C(=O)O)CC1. The van der Waals surface area contributed by atoms with Gasteiger partial charge < -0.3 is 15.1 Å². The van der Waals surface area contributed by atoms with E-state index in [4.69, 9.17) is 5.11 Å². The van der Waals surface area contributed by atoms with Crippen molar-refractivity contribution in [3.8, 4) is 0 Å². The summed E-state index contributed by atoms with van der Waals surface area (Å²) in [4.78, 5) is 24.6. The van der Waals surface area contributed by atoms with Gasteiger partial charge in [0, 0.05) is 32.4 Å². The zero-order valence-electron chi connectivity index (χ0n) is 10.6. The molecule has 18 heavy (non-hydrogen) atoms. The van der Waals surface area contributed by atoms with E-state index >= 15 is 0 Å². The molecule has 1 aliphatic carbocycles. The summed E-state index contributed by atoms with van der Waals surface area (Å²) in [5, 5.41) is 18.7. The van der Waals surface area contributed by atoms with Gasteiger partial charge in [0.05, 0.1) is 0 Å². The molecule has 1 amide bonds. The first-order valence-electron chi connectivity index (χ1n) is 6.75. The number of carbonyl (C=O) groups is 2. The summed E-state index contributed by atoms with van der Waals surface area (Å²) in [7, 11) is 0. The van der Waals surface area contributed by atoms with Gasteiger partial charge in [0.25, 0.3) is 0 Å². The van der Waals surface area contributed by atoms with E-state index in [1.54, 1.807) is 4.90 Å². The van der Waals surface area contributed by atoms with E-state index < -0.39 is 11.6 Å². The molecule has 2 fully saturated rings. The van der Waals surface area contributed by atoms with Crippen LogP contribution in [0.1, 0.15) is 44.9 Å². The Morgan fingerprint density at radius 1 is 1.17 bits per heavy atom. The topological polar surface area (TPSA) is 77.8 Å². The largest absolute Gasteiger partial charge is 0.479 e. The number of aliphatic carboxylic acids is 1. The first-order valence-corrected chi connectivity index (χ1v) is 6.75. The van der Waals surface area contributed by atoms with Crippen molar-refractivity contribution in [2.45, 2.75) is 50.5 Å². The van der Waals surface area contributed by atoms with Gasteiger partial charge in [-0.25, -0.2) is 4.79 Å². The molecule has 102 valence electrons. The van der Waals surface area contributed by atoms with Crippen LogP contribution in [-0.4, -0.2) is 45.7 Å². The standard InChI is InChI=1S/C13H21NO4/c15-11(9-10-3-1-2-4-10)14-7-5-13(18,6-8-14)12(16)17/h10,18H,1-9H2,(H,16,17). The predicted molar refractivity (Wildman–Crippen MR) is 65.0 cm³/mol. The molecule has 2 rings (SSSR count). The van der Waals surface area contributed by atoms with Gasteiger partial charge in [-0.3, -0.25) is 4.79 Å². The average molecular weight is 255 g/mol. The number of hydrogen-bond acceptors (Lipinski definition) is 3. The van der Waals surface area contributed by atoms with Crippen molar-refractivity contribution in [3.63, 3.8) is 0 Å². The van der Waals surface area contributed by atoms with Gasteiger partial charge in [0.1, 0.15) is 0 Å². The number of carboxylic acid groups (broad SMARTS) is 1. The minimum atomic E-state index is -1.63. The summed E-state index contributed by atoms with van der Waals surface area (Å²) in [5.74, 6) is -0.544. The lowest BCUT2D eigenvalue weighted by Gasteiger charge is -2.35. The molecule has 0 spiro atoms. The van der Waals surface area contributed by atoms with E-state index in [-0.39, 0.29) is 18.7 Å². The fourth-order valence-corrected chi connectivity index (χ4v) is 2.93. The van der Waals surface area contributed by atoms with E-state index in [1.807, 2.05) is 0 Å². The van der Waals surface area contributed by atoms with Crippen molar-refractivity contribution in [1.29, 1.82) is 0 Å². The number of carbonyl (C=O) groups excluding carboxylic acids is 1. The second-order valence-corrected chi connectivity index (χ2v) is 5.57. The summed E-state index contributed by atoms with van der Waals surface area (Å²) >= 11 is 0. The molecule has 1 saturated heterocycles. The Kier molecular flexibility index (Phi) is 3.90. The Morgan fingerprint density at radius 2 is 1.72 bits per heavy atom. The van der Waals surface area contributed by atoms with Crippen LogP contribution < -0.4 is 0 Å². The van der Waals surface area contributed by atoms with E-state index in [9.17, 15) is 14.7 Å². The molecule has 1 heterocycles. The molecule has 1 saturated carbocycles. The maximum absolute atomic E-state index is 12.0. The summed E-state index contributed by atoms with van der Waals surface area (Å²) in [6.07, 6.45) is 5.58. The van der Waals surface area contributed by atoms with Crippen molar-refractivity contribution in [3.05, 3.63) is 0 Å². The molecular formula is C13H21NO4. The molecular weight excluding hydrogens is 234 g/mol. The van der Waals surface area contributed by atoms with E-state index in [0.29, 0.717) is 25.4 Å².